The van der Waals surface area contributed by atoms with Gasteiger partial charge in [-0.05, 0) is 25.0 Å². The van der Waals surface area contributed by atoms with Gasteiger partial charge in [0.1, 0.15) is 11.6 Å². The molecule has 0 aliphatic heterocycles. The monoisotopic (exact) mass is 207 g/mol. The van der Waals surface area contributed by atoms with Crippen LogP contribution in [-0.2, 0) is 4.79 Å². The van der Waals surface area contributed by atoms with Crippen LogP contribution in [0.25, 0.3) is 0 Å². The molecule has 0 unspecified atom stereocenters. The SMILES string of the molecule is Nc1ccc(NCC(=O)NC2CC2)nn1. The Kier molecular flexibility index (Phi) is 2.66. The number of nitrogens with two attached hydrogens (primary N) is 1. The molecule has 80 valence electrons. The lowest BCUT2D eigenvalue weighted by atomic mass is 10.4. The van der Waals surface area contributed by atoms with Crippen LogP contribution >= 0.6 is 0 Å². The summed E-state index contributed by atoms with van der Waals surface area (Å²) in [7, 11) is 0. The van der Waals surface area contributed by atoms with E-state index in [1.165, 1.54) is 0 Å². The lowest BCUT2D eigenvalue weighted by Crippen LogP contribution is -2.31. The van der Waals surface area contributed by atoms with Crippen molar-refractivity contribution in [1.29, 1.82) is 0 Å². The van der Waals surface area contributed by atoms with Crippen LogP contribution in [0.2, 0.25) is 0 Å². The van der Waals surface area contributed by atoms with Gasteiger partial charge in [-0.15, -0.1) is 10.2 Å². The van der Waals surface area contributed by atoms with E-state index in [-0.39, 0.29) is 12.5 Å². The third kappa shape index (κ3) is 3.08. The highest BCUT2D eigenvalue weighted by Crippen LogP contribution is 2.18. The number of aromatic nitrogens is 2. The molecule has 2 rings (SSSR count). The number of nitrogen functional groups attached to an aromatic ring is 1. The first-order valence-corrected chi connectivity index (χ1v) is 4.86. The van der Waals surface area contributed by atoms with Gasteiger partial charge in [0.15, 0.2) is 0 Å². The third-order valence-corrected chi connectivity index (χ3v) is 2.06. The molecule has 1 aromatic heterocycles. The van der Waals surface area contributed by atoms with Crippen molar-refractivity contribution in [3.63, 3.8) is 0 Å². The number of hydrogen-bond acceptors (Lipinski definition) is 5. The normalized spacial score (nSPS) is 14.7. The fraction of sp³-hybridized carbons (Fsp3) is 0.444. The van der Waals surface area contributed by atoms with Crippen LogP contribution in [0.1, 0.15) is 12.8 Å². The Labute approximate surface area is 87.3 Å². The summed E-state index contributed by atoms with van der Waals surface area (Å²) in [6.45, 7) is 0.217. The number of rotatable bonds is 4. The molecule has 1 aliphatic rings. The van der Waals surface area contributed by atoms with E-state index in [1.54, 1.807) is 12.1 Å². The molecule has 0 aromatic carbocycles. The van der Waals surface area contributed by atoms with Crippen LogP contribution in [-0.4, -0.2) is 28.7 Å². The molecular formula is C9H13N5O. The van der Waals surface area contributed by atoms with Crippen molar-refractivity contribution in [2.75, 3.05) is 17.6 Å². The number of anilines is 2. The summed E-state index contributed by atoms with van der Waals surface area (Å²) in [5, 5.41) is 13.2. The van der Waals surface area contributed by atoms with Crippen molar-refractivity contribution < 1.29 is 4.79 Å². The van der Waals surface area contributed by atoms with Crippen LogP contribution in [0.4, 0.5) is 11.6 Å². The second kappa shape index (κ2) is 4.12. The number of nitrogens with one attached hydrogen (secondary N) is 2. The highest BCUT2D eigenvalue weighted by Gasteiger charge is 2.22. The molecule has 6 nitrogen and oxygen atoms in total. The zero-order valence-corrected chi connectivity index (χ0v) is 8.23. The summed E-state index contributed by atoms with van der Waals surface area (Å²) in [5.41, 5.74) is 5.38. The smallest absolute Gasteiger partial charge is 0.239 e. The van der Waals surface area contributed by atoms with Gasteiger partial charge < -0.3 is 16.4 Å². The van der Waals surface area contributed by atoms with E-state index in [0.717, 1.165) is 12.8 Å². The summed E-state index contributed by atoms with van der Waals surface area (Å²) in [6.07, 6.45) is 2.18. The Morgan fingerprint density at radius 2 is 2.27 bits per heavy atom. The molecule has 1 aromatic rings. The zero-order valence-electron chi connectivity index (χ0n) is 8.23. The van der Waals surface area contributed by atoms with Crippen LogP contribution in [0.3, 0.4) is 0 Å². The van der Waals surface area contributed by atoms with Crippen molar-refractivity contribution >= 4 is 17.5 Å². The minimum absolute atomic E-state index is 0.0175. The van der Waals surface area contributed by atoms with Gasteiger partial charge in [0.05, 0.1) is 6.54 Å². The quantitative estimate of drug-likeness (QED) is 0.633. The molecule has 1 saturated carbocycles. The minimum Gasteiger partial charge on any atom is -0.382 e. The zero-order chi connectivity index (χ0) is 10.7. The maximum absolute atomic E-state index is 11.3. The lowest BCUT2D eigenvalue weighted by Gasteiger charge is -2.05. The molecular weight excluding hydrogens is 194 g/mol. The summed E-state index contributed by atoms with van der Waals surface area (Å²) < 4.78 is 0. The molecule has 6 heteroatoms. The first-order chi connectivity index (χ1) is 7.24. The van der Waals surface area contributed by atoms with Crippen molar-refractivity contribution in [1.82, 2.24) is 15.5 Å². The van der Waals surface area contributed by atoms with E-state index in [9.17, 15) is 4.79 Å². The first kappa shape index (κ1) is 9.70. The Morgan fingerprint density at radius 1 is 1.47 bits per heavy atom. The fourth-order valence-electron chi connectivity index (χ4n) is 1.11. The van der Waals surface area contributed by atoms with Gasteiger partial charge in [-0.1, -0.05) is 0 Å². The van der Waals surface area contributed by atoms with Crippen LogP contribution in [0, 0.1) is 0 Å². The average molecular weight is 207 g/mol. The molecule has 1 aliphatic carbocycles. The molecule has 0 saturated heterocycles. The van der Waals surface area contributed by atoms with Crippen LogP contribution < -0.4 is 16.4 Å². The number of amides is 1. The molecule has 0 atom stereocenters. The third-order valence-electron chi connectivity index (χ3n) is 2.06. The lowest BCUT2D eigenvalue weighted by molar-refractivity contribution is -0.119. The number of hydrogen-bond donors (Lipinski definition) is 3. The van der Waals surface area contributed by atoms with E-state index in [1.807, 2.05) is 0 Å². The average Bonchev–Trinajstić information content (AvgIpc) is 3.01. The second-order valence-electron chi connectivity index (χ2n) is 3.54. The van der Waals surface area contributed by atoms with E-state index in [2.05, 4.69) is 20.8 Å². The van der Waals surface area contributed by atoms with Gasteiger partial charge >= 0.3 is 0 Å². The summed E-state index contributed by atoms with van der Waals surface area (Å²) in [6, 6.07) is 3.71. The summed E-state index contributed by atoms with van der Waals surface area (Å²) >= 11 is 0. The van der Waals surface area contributed by atoms with Crippen LogP contribution in [0.5, 0.6) is 0 Å². The van der Waals surface area contributed by atoms with Gasteiger partial charge in [-0.25, -0.2) is 0 Å². The fourth-order valence-corrected chi connectivity index (χ4v) is 1.11. The topological polar surface area (TPSA) is 92.9 Å². The van der Waals surface area contributed by atoms with Crippen molar-refractivity contribution in [2.45, 2.75) is 18.9 Å². The highest BCUT2D eigenvalue weighted by molar-refractivity contribution is 5.80. The van der Waals surface area contributed by atoms with Crippen molar-refractivity contribution in [2.24, 2.45) is 0 Å². The Balaban J connectivity index is 1.76. The van der Waals surface area contributed by atoms with Gasteiger partial charge in [-0.3, -0.25) is 4.79 Å². The Bertz CT molecular complexity index is 346. The molecule has 1 heterocycles. The molecule has 15 heavy (non-hydrogen) atoms. The van der Waals surface area contributed by atoms with E-state index >= 15 is 0 Å². The number of carbonyl (C=O) groups excluding carboxylic acids is 1. The molecule has 1 fully saturated rings. The van der Waals surface area contributed by atoms with Gasteiger partial charge in [-0.2, -0.15) is 0 Å². The second-order valence-corrected chi connectivity index (χ2v) is 3.54. The van der Waals surface area contributed by atoms with Crippen LogP contribution in [0.15, 0.2) is 12.1 Å². The highest BCUT2D eigenvalue weighted by atomic mass is 16.2. The molecule has 1 amide bonds. The Morgan fingerprint density at radius 3 is 2.87 bits per heavy atom. The summed E-state index contributed by atoms with van der Waals surface area (Å²) in [4.78, 5) is 11.3. The maximum Gasteiger partial charge on any atom is 0.239 e. The largest absolute Gasteiger partial charge is 0.382 e. The summed E-state index contributed by atoms with van der Waals surface area (Å²) in [5.74, 6) is 0.897. The maximum atomic E-state index is 11.3. The standard InChI is InChI=1S/C9H13N5O/c10-7-3-4-8(14-13-7)11-5-9(15)12-6-1-2-6/h3-4,6H,1-2,5H2,(H2,10,13)(H,11,14)(H,12,15). The number of carbonyl (C=O) groups is 1. The molecule has 4 N–H and O–H groups in total. The first-order valence-electron chi connectivity index (χ1n) is 4.86. The predicted molar refractivity (Wildman–Crippen MR) is 56.1 cm³/mol. The van der Waals surface area contributed by atoms with E-state index in [4.69, 9.17) is 5.73 Å². The molecule has 0 bridgehead atoms. The predicted octanol–water partition coefficient (Wildman–Crippen LogP) is -0.251. The molecule has 0 radical (unpaired) electrons. The van der Waals surface area contributed by atoms with Gasteiger partial charge in [0.2, 0.25) is 5.91 Å². The van der Waals surface area contributed by atoms with E-state index < -0.39 is 0 Å². The van der Waals surface area contributed by atoms with E-state index in [0.29, 0.717) is 17.7 Å². The molecule has 0 spiro atoms. The van der Waals surface area contributed by atoms with Crippen molar-refractivity contribution in [3.8, 4) is 0 Å². The minimum atomic E-state index is -0.0175. The van der Waals surface area contributed by atoms with Crippen molar-refractivity contribution in [3.05, 3.63) is 12.1 Å². The Hall–Kier alpha value is -1.85. The number of nitrogens with zero attached hydrogens (tertiary/aromatic N) is 2. The van der Waals surface area contributed by atoms with Gasteiger partial charge in [0, 0.05) is 6.04 Å². The van der Waals surface area contributed by atoms with Gasteiger partial charge in [0.25, 0.3) is 0 Å².